The topological polar surface area (TPSA) is 58.5 Å². The van der Waals surface area contributed by atoms with Crippen LogP contribution in [0.15, 0.2) is 29.4 Å². The van der Waals surface area contributed by atoms with E-state index in [4.69, 9.17) is 9.73 Å². The maximum atomic E-state index is 6.01. The normalized spacial score (nSPS) is 30.4. The third kappa shape index (κ3) is 2.69. The molecule has 1 aromatic heterocycles. The van der Waals surface area contributed by atoms with Crippen LogP contribution in [0.3, 0.4) is 0 Å². The highest BCUT2D eigenvalue weighted by atomic mass is 16.5. The lowest BCUT2D eigenvalue weighted by Crippen LogP contribution is -2.72. The number of aromatic nitrogens is 1. The number of hydrogen-bond donors (Lipinski definition) is 2. The summed E-state index contributed by atoms with van der Waals surface area (Å²) in [6.07, 6.45) is 8.37. The van der Waals surface area contributed by atoms with Crippen LogP contribution < -0.4 is 10.6 Å². The van der Waals surface area contributed by atoms with Crippen molar-refractivity contribution in [1.29, 1.82) is 0 Å². The molecule has 0 aromatic carbocycles. The first-order chi connectivity index (χ1) is 11.8. The Balaban J connectivity index is 1.39. The molecule has 3 aliphatic rings. The molecule has 3 atom stereocenters. The molecule has 2 heterocycles. The highest BCUT2D eigenvalue weighted by Gasteiger charge is 2.66. The first-order valence-electron chi connectivity index (χ1n) is 9.40. The number of fused-ring (bicyclic) bond motifs is 2. The van der Waals surface area contributed by atoms with E-state index in [1.165, 1.54) is 25.7 Å². The summed E-state index contributed by atoms with van der Waals surface area (Å²) < 4.78 is 6.01. The first-order valence-corrected chi connectivity index (χ1v) is 9.40. The number of nitrogens with one attached hydrogen (secondary N) is 2. The van der Waals surface area contributed by atoms with Crippen LogP contribution in [-0.2, 0) is 11.2 Å². The lowest BCUT2D eigenvalue weighted by atomic mass is 9.46. The minimum Gasteiger partial charge on any atom is -0.377 e. The molecule has 5 heteroatoms. The SMILES string of the molecule is CCNC(=NCCc1ccccn1)NC1C2CCOC2C12CCC2. The monoisotopic (exact) mass is 328 g/mol. The Hall–Kier alpha value is -1.62. The van der Waals surface area contributed by atoms with Gasteiger partial charge in [0.15, 0.2) is 5.96 Å². The average Bonchev–Trinajstić information content (AvgIpc) is 2.97. The third-order valence-electron chi connectivity index (χ3n) is 6.04. The fourth-order valence-corrected chi connectivity index (χ4v) is 4.75. The molecule has 2 aliphatic carbocycles. The van der Waals surface area contributed by atoms with Crippen LogP contribution in [-0.4, -0.2) is 42.8 Å². The lowest BCUT2D eigenvalue weighted by Gasteiger charge is -2.63. The molecule has 4 rings (SSSR count). The molecule has 0 bridgehead atoms. The fraction of sp³-hybridized carbons (Fsp3) is 0.684. The zero-order valence-electron chi connectivity index (χ0n) is 14.5. The summed E-state index contributed by atoms with van der Waals surface area (Å²) in [6, 6.07) is 6.58. The highest BCUT2D eigenvalue weighted by Crippen LogP contribution is 2.62. The minimum atomic E-state index is 0.387. The molecule has 2 saturated carbocycles. The Labute approximate surface area is 144 Å². The maximum absolute atomic E-state index is 6.01. The van der Waals surface area contributed by atoms with Crippen LogP contribution in [0.4, 0.5) is 0 Å². The minimum absolute atomic E-state index is 0.387. The van der Waals surface area contributed by atoms with Gasteiger partial charge in [0.25, 0.3) is 0 Å². The summed E-state index contributed by atoms with van der Waals surface area (Å²) in [5.74, 6) is 1.63. The van der Waals surface area contributed by atoms with Crippen LogP contribution in [0.1, 0.15) is 38.3 Å². The average molecular weight is 328 g/mol. The van der Waals surface area contributed by atoms with E-state index in [9.17, 15) is 0 Å². The Morgan fingerprint density at radius 3 is 3.04 bits per heavy atom. The highest BCUT2D eigenvalue weighted by molar-refractivity contribution is 5.80. The van der Waals surface area contributed by atoms with Crippen molar-refractivity contribution in [2.45, 2.75) is 51.2 Å². The van der Waals surface area contributed by atoms with E-state index in [0.29, 0.717) is 23.5 Å². The van der Waals surface area contributed by atoms with E-state index in [0.717, 1.165) is 37.8 Å². The second-order valence-electron chi connectivity index (χ2n) is 7.28. The van der Waals surface area contributed by atoms with Crippen LogP contribution in [0.25, 0.3) is 0 Å². The Kier molecular flexibility index (Phi) is 4.44. The lowest BCUT2D eigenvalue weighted by molar-refractivity contribution is -0.171. The van der Waals surface area contributed by atoms with E-state index >= 15 is 0 Å². The van der Waals surface area contributed by atoms with Crippen molar-refractivity contribution < 1.29 is 4.74 Å². The smallest absolute Gasteiger partial charge is 0.191 e. The van der Waals surface area contributed by atoms with Crippen molar-refractivity contribution >= 4 is 5.96 Å². The van der Waals surface area contributed by atoms with Crippen LogP contribution in [0.5, 0.6) is 0 Å². The number of aliphatic imine (C=N–C) groups is 1. The summed E-state index contributed by atoms with van der Waals surface area (Å²) in [5, 5.41) is 7.15. The molecule has 3 unspecified atom stereocenters. The van der Waals surface area contributed by atoms with Crippen molar-refractivity contribution in [3.8, 4) is 0 Å². The zero-order valence-corrected chi connectivity index (χ0v) is 14.5. The van der Waals surface area contributed by atoms with E-state index in [1.54, 1.807) is 0 Å². The van der Waals surface area contributed by atoms with Crippen molar-refractivity contribution in [1.82, 2.24) is 15.6 Å². The van der Waals surface area contributed by atoms with E-state index in [2.05, 4.69) is 28.6 Å². The second kappa shape index (κ2) is 6.71. The van der Waals surface area contributed by atoms with Gasteiger partial charge in [0, 0.05) is 55.4 Å². The Bertz CT molecular complexity index is 584. The summed E-state index contributed by atoms with van der Waals surface area (Å²) in [6.45, 7) is 4.70. The molecule has 130 valence electrons. The van der Waals surface area contributed by atoms with Crippen molar-refractivity contribution in [3.63, 3.8) is 0 Å². The van der Waals surface area contributed by atoms with Gasteiger partial charge in [-0.25, -0.2) is 0 Å². The molecule has 1 spiro atoms. The summed E-state index contributed by atoms with van der Waals surface area (Å²) in [5.41, 5.74) is 1.48. The van der Waals surface area contributed by atoms with Crippen molar-refractivity contribution in [3.05, 3.63) is 30.1 Å². The number of pyridine rings is 1. The van der Waals surface area contributed by atoms with Gasteiger partial charge in [0.05, 0.1) is 6.10 Å². The van der Waals surface area contributed by atoms with E-state index in [1.807, 2.05) is 18.3 Å². The standard InChI is InChI=1S/C19H28N4O/c1-2-20-18(22-12-7-14-6-3-4-11-21-14)23-16-15-8-13-24-17(15)19(16)9-5-10-19/h3-4,6,11,15-17H,2,5,7-10,12-13H2,1H3,(H2,20,22,23). The number of rotatable bonds is 5. The Morgan fingerprint density at radius 2 is 2.33 bits per heavy atom. The number of guanidine groups is 1. The molecule has 3 fully saturated rings. The van der Waals surface area contributed by atoms with E-state index < -0.39 is 0 Å². The number of ether oxygens (including phenoxy) is 1. The zero-order chi connectivity index (χ0) is 16.4. The molecular weight excluding hydrogens is 300 g/mol. The molecule has 0 amide bonds. The van der Waals surface area contributed by atoms with Gasteiger partial charge in [0.2, 0.25) is 0 Å². The van der Waals surface area contributed by atoms with Gasteiger partial charge in [0.1, 0.15) is 0 Å². The predicted molar refractivity (Wildman–Crippen MR) is 95.0 cm³/mol. The second-order valence-corrected chi connectivity index (χ2v) is 7.28. The van der Waals surface area contributed by atoms with Gasteiger partial charge in [-0.1, -0.05) is 12.5 Å². The molecule has 1 aliphatic heterocycles. The number of hydrogen-bond acceptors (Lipinski definition) is 3. The van der Waals surface area contributed by atoms with E-state index in [-0.39, 0.29) is 0 Å². The van der Waals surface area contributed by atoms with Crippen LogP contribution in [0, 0.1) is 11.3 Å². The van der Waals surface area contributed by atoms with Crippen LogP contribution >= 0.6 is 0 Å². The predicted octanol–water partition coefficient (Wildman–Crippen LogP) is 2.14. The van der Waals surface area contributed by atoms with Gasteiger partial charge in [-0.15, -0.1) is 0 Å². The molecule has 1 saturated heterocycles. The third-order valence-corrected chi connectivity index (χ3v) is 6.04. The largest absolute Gasteiger partial charge is 0.377 e. The number of nitrogens with zero attached hydrogens (tertiary/aromatic N) is 2. The summed E-state index contributed by atoms with van der Waals surface area (Å²) in [7, 11) is 0. The Morgan fingerprint density at radius 1 is 1.42 bits per heavy atom. The van der Waals surface area contributed by atoms with Crippen molar-refractivity contribution in [2.24, 2.45) is 16.3 Å². The van der Waals surface area contributed by atoms with Crippen molar-refractivity contribution in [2.75, 3.05) is 19.7 Å². The quantitative estimate of drug-likeness (QED) is 0.642. The molecular formula is C19H28N4O. The summed E-state index contributed by atoms with van der Waals surface area (Å²) >= 11 is 0. The van der Waals surface area contributed by atoms with Gasteiger partial charge in [-0.2, -0.15) is 0 Å². The maximum Gasteiger partial charge on any atom is 0.191 e. The summed E-state index contributed by atoms with van der Waals surface area (Å²) in [4.78, 5) is 9.15. The van der Waals surface area contributed by atoms with Gasteiger partial charge < -0.3 is 15.4 Å². The van der Waals surface area contributed by atoms with Gasteiger partial charge >= 0.3 is 0 Å². The first kappa shape index (κ1) is 15.9. The van der Waals surface area contributed by atoms with Crippen LogP contribution in [0.2, 0.25) is 0 Å². The fourth-order valence-electron chi connectivity index (χ4n) is 4.75. The molecule has 24 heavy (non-hydrogen) atoms. The molecule has 0 radical (unpaired) electrons. The molecule has 2 N–H and O–H groups in total. The molecule has 1 aromatic rings. The van der Waals surface area contributed by atoms with Gasteiger partial charge in [-0.3, -0.25) is 9.98 Å². The molecule has 5 nitrogen and oxygen atoms in total. The van der Waals surface area contributed by atoms with Gasteiger partial charge in [-0.05, 0) is 38.3 Å².